The minimum atomic E-state index is -0.0151. The summed E-state index contributed by atoms with van der Waals surface area (Å²) in [5.74, 6) is 1.72. The van der Waals surface area contributed by atoms with Crippen molar-refractivity contribution in [2.75, 3.05) is 5.73 Å². The Bertz CT molecular complexity index is 1360. The monoisotopic (exact) mass is 423 g/mol. The SMILES string of the molecule is Nc1ncnn2c(-c3ccc(CO)cc3)nc(-c3cccc(OCc4ccccc4)c3)c12. The fraction of sp³-hybridized carbons (Fsp3) is 0.0800. The van der Waals surface area contributed by atoms with Crippen LogP contribution in [0.15, 0.2) is 85.2 Å². The van der Waals surface area contributed by atoms with E-state index in [9.17, 15) is 5.11 Å². The van der Waals surface area contributed by atoms with Crippen LogP contribution in [0.2, 0.25) is 0 Å². The molecule has 158 valence electrons. The molecule has 0 radical (unpaired) electrons. The normalized spacial score (nSPS) is 11.0. The maximum Gasteiger partial charge on any atom is 0.162 e. The van der Waals surface area contributed by atoms with Crippen molar-refractivity contribution < 1.29 is 9.84 Å². The van der Waals surface area contributed by atoms with Gasteiger partial charge in [0.2, 0.25) is 0 Å². The third kappa shape index (κ3) is 3.77. The number of rotatable bonds is 6. The van der Waals surface area contributed by atoms with Crippen molar-refractivity contribution in [3.63, 3.8) is 0 Å². The molecule has 0 spiro atoms. The van der Waals surface area contributed by atoms with Gasteiger partial charge in [0.1, 0.15) is 29.9 Å². The van der Waals surface area contributed by atoms with Crippen LogP contribution in [0.5, 0.6) is 5.75 Å². The number of anilines is 1. The molecule has 0 aliphatic rings. The number of hydrogen-bond donors (Lipinski definition) is 2. The van der Waals surface area contributed by atoms with E-state index in [1.807, 2.05) is 78.9 Å². The number of fused-ring (bicyclic) bond motifs is 1. The van der Waals surface area contributed by atoms with E-state index in [0.29, 0.717) is 29.5 Å². The van der Waals surface area contributed by atoms with Crippen LogP contribution in [-0.2, 0) is 13.2 Å². The highest BCUT2D eigenvalue weighted by Gasteiger charge is 2.18. The van der Waals surface area contributed by atoms with Gasteiger partial charge in [0.05, 0.1) is 6.61 Å². The van der Waals surface area contributed by atoms with Gasteiger partial charge in [-0.2, -0.15) is 5.10 Å². The lowest BCUT2D eigenvalue weighted by Crippen LogP contribution is -2.00. The third-order valence-electron chi connectivity index (χ3n) is 5.21. The first-order valence-electron chi connectivity index (χ1n) is 10.2. The first kappa shape index (κ1) is 19.7. The van der Waals surface area contributed by atoms with Crippen LogP contribution in [0.25, 0.3) is 28.2 Å². The number of aromatic nitrogens is 4. The lowest BCUT2D eigenvalue weighted by Gasteiger charge is -2.08. The van der Waals surface area contributed by atoms with Crippen LogP contribution < -0.4 is 10.5 Å². The molecule has 7 nitrogen and oxygen atoms in total. The Morgan fingerprint density at radius 3 is 2.47 bits per heavy atom. The minimum Gasteiger partial charge on any atom is -0.489 e. The molecule has 3 aromatic carbocycles. The second-order valence-electron chi connectivity index (χ2n) is 7.35. The van der Waals surface area contributed by atoms with Crippen LogP contribution in [0.1, 0.15) is 11.1 Å². The lowest BCUT2D eigenvalue weighted by molar-refractivity contribution is 0.282. The van der Waals surface area contributed by atoms with Crippen molar-refractivity contribution in [1.29, 1.82) is 0 Å². The van der Waals surface area contributed by atoms with E-state index >= 15 is 0 Å². The Labute approximate surface area is 184 Å². The largest absolute Gasteiger partial charge is 0.489 e. The summed E-state index contributed by atoms with van der Waals surface area (Å²) in [4.78, 5) is 9.04. The molecule has 3 N–H and O–H groups in total. The van der Waals surface area contributed by atoms with Crippen LogP contribution in [0.4, 0.5) is 5.82 Å². The molecule has 0 amide bonds. The Morgan fingerprint density at radius 1 is 0.875 bits per heavy atom. The Balaban J connectivity index is 1.55. The molecule has 2 aromatic heterocycles. The fourth-order valence-electron chi connectivity index (χ4n) is 3.58. The molecule has 0 saturated heterocycles. The second-order valence-corrected chi connectivity index (χ2v) is 7.35. The molecule has 5 aromatic rings. The van der Waals surface area contributed by atoms with Gasteiger partial charge in [0.15, 0.2) is 11.6 Å². The number of nitrogens with two attached hydrogens (primary N) is 1. The summed E-state index contributed by atoms with van der Waals surface area (Å²) in [6, 6.07) is 25.3. The zero-order valence-corrected chi connectivity index (χ0v) is 17.2. The quantitative estimate of drug-likeness (QED) is 0.426. The number of imidazole rings is 1. The number of aliphatic hydroxyl groups excluding tert-OH is 1. The molecule has 0 bridgehead atoms. The summed E-state index contributed by atoms with van der Waals surface area (Å²) < 4.78 is 7.69. The average molecular weight is 423 g/mol. The predicted octanol–water partition coefficient (Wildman–Crippen LogP) is 4.11. The van der Waals surface area contributed by atoms with Gasteiger partial charge in [-0.05, 0) is 23.3 Å². The van der Waals surface area contributed by atoms with Gasteiger partial charge in [0.25, 0.3) is 0 Å². The summed E-state index contributed by atoms with van der Waals surface area (Å²) in [5.41, 5.74) is 11.2. The van der Waals surface area contributed by atoms with Crippen LogP contribution in [-0.4, -0.2) is 24.7 Å². The molecule has 7 heteroatoms. The molecule has 0 aliphatic carbocycles. The van der Waals surface area contributed by atoms with Gasteiger partial charge in [-0.1, -0.05) is 66.7 Å². The first-order chi connectivity index (χ1) is 15.7. The molecule has 2 heterocycles. The van der Waals surface area contributed by atoms with E-state index in [1.54, 1.807) is 4.52 Å². The summed E-state index contributed by atoms with van der Waals surface area (Å²) in [6.07, 6.45) is 1.42. The van der Waals surface area contributed by atoms with Gasteiger partial charge in [-0.3, -0.25) is 0 Å². The average Bonchev–Trinajstić information content (AvgIpc) is 3.25. The van der Waals surface area contributed by atoms with E-state index < -0.39 is 0 Å². The zero-order chi connectivity index (χ0) is 21.9. The second kappa shape index (κ2) is 8.49. The molecule has 0 aliphatic heterocycles. The summed E-state index contributed by atoms with van der Waals surface area (Å²) in [7, 11) is 0. The van der Waals surface area contributed by atoms with E-state index in [1.165, 1.54) is 6.33 Å². The standard InChI is InChI=1S/C25H21N5O2/c26-24-23-22(20-7-4-8-21(13-20)32-15-18-5-2-1-3-6-18)29-25(30(23)28-16-27-24)19-11-9-17(14-31)10-12-19/h1-13,16,31H,14-15H2,(H2,26,27,28). The number of benzene rings is 3. The smallest absolute Gasteiger partial charge is 0.162 e. The van der Waals surface area contributed by atoms with Crippen LogP contribution in [0, 0.1) is 0 Å². The Kier molecular flexibility index (Phi) is 5.23. The Morgan fingerprint density at radius 2 is 1.69 bits per heavy atom. The maximum atomic E-state index is 9.33. The summed E-state index contributed by atoms with van der Waals surface area (Å²) >= 11 is 0. The summed E-state index contributed by atoms with van der Waals surface area (Å²) in [5, 5.41) is 13.7. The molecule has 0 fully saturated rings. The minimum absolute atomic E-state index is 0.0151. The number of hydrogen-bond acceptors (Lipinski definition) is 6. The highest BCUT2D eigenvalue weighted by Crippen LogP contribution is 2.33. The van der Waals surface area contributed by atoms with E-state index in [-0.39, 0.29) is 6.61 Å². The van der Waals surface area contributed by atoms with Gasteiger partial charge < -0.3 is 15.6 Å². The molecular weight excluding hydrogens is 402 g/mol. The first-order valence-corrected chi connectivity index (χ1v) is 10.2. The molecule has 0 unspecified atom stereocenters. The van der Waals surface area contributed by atoms with Crippen molar-refractivity contribution in [3.8, 4) is 28.4 Å². The maximum absolute atomic E-state index is 9.33. The fourth-order valence-corrected chi connectivity index (χ4v) is 3.58. The summed E-state index contributed by atoms with van der Waals surface area (Å²) in [6.45, 7) is 0.459. The van der Waals surface area contributed by atoms with Gasteiger partial charge >= 0.3 is 0 Å². The highest BCUT2D eigenvalue weighted by atomic mass is 16.5. The molecule has 0 saturated carbocycles. The van der Waals surface area contributed by atoms with Gasteiger partial charge in [-0.25, -0.2) is 14.5 Å². The van der Waals surface area contributed by atoms with Crippen molar-refractivity contribution >= 4 is 11.3 Å². The van der Waals surface area contributed by atoms with Crippen molar-refractivity contribution in [2.45, 2.75) is 13.2 Å². The van der Waals surface area contributed by atoms with Crippen molar-refractivity contribution in [2.24, 2.45) is 0 Å². The zero-order valence-electron chi connectivity index (χ0n) is 17.2. The number of ether oxygens (including phenoxy) is 1. The van der Waals surface area contributed by atoms with Gasteiger partial charge in [0, 0.05) is 11.1 Å². The predicted molar refractivity (Wildman–Crippen MR) is 123 cm³/mol. The molecule has 0 atom stereocenters. The lowest BCUT2D eigenvalue weighted by atomic mass is 10.1. The third-order valence-corrected chi connectivity index (χ3v) is 5.21. The van der Waals surface area contributed by atoms with E-state index in [2.05, 4.69) is 10.1 Å². The van der Waals surface area contributed by atoms with E-state index in [0.717, 1.165) is 28.0 Å². The van der Waals surface area contributed by atoms with Gasteiger partial charge in [-0.15, -0.1) is 0 Å². The molecule has 32 heavy (non-hydrogen) atoms. The van der Waals surface area contributed by atoms with Crippen LogP contribution >= 0.6 is 0 Å². The van der Waals surface area contributed by atoms with Crippen LogP contribution in [0.3, 0.4) is 0 Å². The number of nitrogen functional groups attached to an aromatic ring is 1. The topological polar surface area (TPSA) is 98.6 Å². The number of nitrogens with zero attached hydrogens (tertiary/aromatic N) is 4. The molecule has 5 rings (SSSR count). The number of aliphatic hydroxyl groups is 1. The Hall–Kier alpha value is -4.23. The van der Waals surface area contributed by atoms with E-state index in [4.69, 9.17) is 15.5 Å². The van der Waals surface area contributed by atoms with Crippen molar-refractivity contribution in [3.05, 3.63) is 96.3 Å². The molecular formula is C25H21N5O2. The highest BCUT2D eigenvalue weighted by molar-refractivity contribution is 5.87. The van der Waals surface area contributed by atoms with Crippen molar-refractivity contribution in [1.82, 2.24) is 19.6 Å².